The van der Waals surface area contributed by atoms with Crippen molar-refractivity contribution in [3.8, 4) is 0 Å². The fourth-order valence-electron chi connectivity index (χ4n) is 2.63. The Balaban J connectivity index is 2.59. The largest absolute Gasteiger partial charge is 0.468 e. The first-order valence-electron chi connectivity index (χ1n) is 6.90. The lowest BCUT2D eigenvalue weighted by atomic mass is 9.83. The highest BCUT2D eigenvalue weighted by Gasteiger charge is 2.36. The number of ether oxygens (including phenoxy) is 2. The molecule has 0 aromatic heterocycles. The van der Waals surface area contributed by atoms with Crippen LogP contribution in [0.5, 0.6) is 0 Å². The van der Waals surface area contributed by atoms with Crippen molar-refractivity contribution in [3.05, 3.63) is 60.7 Å². The van der Waals surface area contributed by atoms with Gasteiger partial charge in [0.15, 0.2) is 5.92 Å². The van der Waals surface area contributed by atoms with Crippen LogP contribution in [-0.2, 0) is 19.1 Å². The van der Waals surface area contributed by atoms with Crippen LogP contribution in [0, 0.1) is 5.92 Å². The standard InChI is InChI=1S/C18H18O4/c1-4-13(16(17(19)21-2)18(20)22-3)15-11-7-9-12-8-5-6-10-14(12)15/h4-11,13,16H,1H2,2-3H3/t13-/m1/s1. The summed E-state index contributed by atoms with van der Waals surface area (Å²) >= 11 is 0. The Morgan fingerprint density at radius 1 is 1.00 bits per heavy atom. The molecular formula is C18H18O4. The van der Waals surface area contributed by atoms with Gasteiger partial charge in [0.1, 0.15) is 0 Å². The van der Waals surface area contributed by atoms with Crippen molar-refractivity contribution >= 4 is 22.7 Å². The second-order valence-corrected chi connectivity index (χ2v) is 4.85. The number of hydrogen-bond donors (Lipinski definition) is 0. The molecular weight excluding hydrogens is 280 g/mol. The van der Waals surface area contributed by atoms with Gasteiger partial charge in [-0.2, -0.15) is 0 Å². The van der Waals surface area contributed by atoms with Gasteiger partial charge in [0.2, 0.25) is 0 Å². The van der Waals surface area contributed by atoms with Crippen LogP contribution < -0.4 is 0 Å². The third kappa shape index (κ3) is 2.86. The summed E-state index contributed by atoms with van der Waals surface area (Å²) in [6, 6.07) is 13.5. The second-order valence-electron chi connectivity index (χ2n) is 4.85. The molecule has 0 saturated carbocycles. The molecule has 0 N–H and O–H groups in total. The van der Waals surface area contributed by atoms with Crippen LogP contribution >= 0.6 is 0 Å². The lowest BCUT2D eigenvalue weighted by molar-refractivity contribution is -0.159. The lowest BCUT2D eigenvalue weighted by Crippen LogP contribution is -2.31. The molecule has 2 aromatic rings. The molecule has 4 nitrogen and oxygen atoms in total. The minimum Gasteiger partial charge on any atom is -0.468 e. The Morgan fingerprint density at radius 2 is 1.59 bits per heavy atom. The summed E-state index contributed by atoms with van der Waals surface area (Å²) in [6.07, 6.45) is 1.58. The summed E-state index contributed by atoms with van der Waals surface area (Å²) in [5.41, 5.74) is 0.842. The van der Waals surface area contributed by atoms with Gasteiger partial charge < -0.3 is 9.47 Å². The van der Waals surface area contributed by atoms with E-state index in [4.69, 9.17) is 9.47 Å². The summed E-state index contributed by atoms with van der Waals surface area (Å²) in [6.45, 7) is 3.78. The average molecular weight is 298 g/mol. The number of methoxy groups -OCH3 is 2. The molecule has 0 aliphatic rings. The highest BCUT2D eigenvalue weighted by Crippen LogP contribution is 2.33. The van der Waals surface area contributed by atoms with Crippen LogP contribution in [0.3, 0.4) is 0 Å². The van der Waals surface area contributed by atoms with Gasteiger partial charge >= 0.3 is 11.9 Å². The summed E-state index contributed by atoms with van der Waals surface area (Å²) in [5.74, 6) is -2.86. The molecule has 4 heteroatoms. The summed E-state index contributed by atoms with van der Waals surface area (Å²) in [7, 11) is 2.50. The molecule has 0 amide bonds. The SMILES string of the molecule is C=C[C@H](c1cccc2ccccc12)C(C(=O)OC)C(=O)OC. The van der Waals surface area contributed by atoms with Crippen molar-refractivity contribution in [2.24, 2.45) is 5.92 Å². The molecule has 0 radical (unpaired) electrons. The first kappa shape index (κ1) is 15.8. The maximum absolute atomic E-state index is 12.1. The van der Waals surface area contributed by atoms with Crippen molar-refractivity contribution in [2.75, 3.05) is 14.2 Å². The topological polar surface area (TPSA) is 52.6 Å². The molecule has 0 unspecified atom stereocenters. The Kier molecular flexibility index (Phi) is 4.94. The van der Waals surface area contributed by atoms with Crippen LogP contribution in [0.25, 0.3) is 10.8 Å². The summed E-state index contributed by atoms with van der Waals surface area (Å²) in [5, 5.41) is 1.99. The molecule has 0 aliphatic carbocycles. The van der Waals surface area contributed by atoms with E-state index in [1.807, 2.05) is 42.5 Å². The second kappa shape index (κ2) is 6.89. The third-order valence-electron chi connectivity index (χ3n) is 3.71. The minimum absolute atomic E-state index is 0.522. The number of carbonyl (C=O) groups is 2. The van der Waals surface area contributed by atoms with Crippen LogP contribution in [0.1, 0.15) is 11.5 Å². The number of benzene rings is 2. The molecule has 0 fully saturated rings. The Bertz CT molecular complexity index is 684. The van der Waals surface area contributed by atoms with Gasteiger partial charge in [0.25, 0.3) is 0 Å². The van der Waals surface area contributed by atoms with Crippen molar-refractivity contribution in [1.82, 2.24) is 0 Å². The van der Waals surface area contributed by atoms with E-state index in [1.165, 1.54) is 14.2 Å². The van der Waals surface area contributed by atoms with Crippen molar-refractivity contribution in [2.45, 2.75) is 5.92 Å². The van der Waals surface area contributed by atoms with E-state index in [9.17, 15) is 9.59 Å². The van der Waals surface area contributed by atoms with Crippen LogP contribution in [0.4, 0.5) is 0 Å². The van der Waals surface area contributed by atoms with E-state index in [0.717, 1.165) is 16.3 Å². The third-order valence-corrected chi connectivity index (χ3v) is 3.71. The molecule has 2 aromatic carbocycles. The molecule has 0 aliphatic heterocycles. The number of esters is 2. The van der Waals surface area contributed by atoms with Gasteiger partial charge in [-0.05, 0) is 16.3 Å². The number of carbonyl (C=O) groups excluding carboxylic acids is 2. The van der Waals surface area contributed by atoms with Gasteiger partial charge in [-0.15, -0.1) is 6.58 Å². The van der Waals surface area contributed by atoms with Gasteiger partial charge in [-0.25, -0.2) is 0 Å². The summed E-state index contributed by atoms with van der Waals surface area (Å²) < 4.78 is 9.53. The van der Waals surface area contributed by atoms with E-state index in [0.29, 0.717) is 0 Å². The number of fused-ring (bicyclic) bond motifs is 1. The van der Waals surface area contributed by atoms with E-state index >= 15 is 0 Å². The molecule has 0 heterocycles. The molecule has 0 spiro atoms. The summed E-state index contributed by atoms with van der Waals surface area (Å²) in [4.78, 5) is 24.1. The molecule has 1 atom stereocenters. The molecule has 0 saturated heterocycles. The van der Waals surface area contributed by atoms with Crippen LogP contribution in [0.15, 0.2) is 55.1 Å². The number of allylic oxidation sites excluding steroid dienone is 1. The lowest BCUT2D eigenvalue weighted by Gasteiger charge is -2.22. The molecule has 2 rings (SSSR count). The zero-order valence-corrected chi connectivity index (χ0v) is 12.6. The van der Waals surface area contributed by atoms with Crippen molar-refractivity contribution in [3.63, 3.8) is 0 Å². The zero-order chi connectivity index (χ0) is 16.1. The fraction of sp³-hybridized carbons (Fsp3) is 0.222. The first-order chi connectivity index (χ1) is 10.6. The monoisotopic (exact) mass is 298 g/mol. The molecule has 0 bridgehead atoms. The van der Waals surface area contributed by atoms with E-state index < -0.39 is 23.8 Å². The van der Waals surface area contributed by atoms with Crippen molar-refractivity contribution < 1.29 is 19.1 Å². The predicted molar refractivity (Wildman–Crippen MR) is 84.4 cm³/mol. The zero-order valence-electron chi connectivity index (χ0n) is 12.6. The number of rotatable bonds is 5. The average Bonchev–Trinajstić information content (AvgIpc) is 2.58. The van der Waals surface area contributed by atoms with Gasteiger partial charge in [0.05, 0.1) is 14.2 Å². The molecule has 114 valence electrons. The van der Waals surface area contributed by atoms with Crippen molar-refractivity contribution in [1.29, 1.82) is 0 Å². The Morgan fingerprint density at radius 3 is 2.18 bits per heavy atom. The van der Waals surface area contributed by atoms with Crippen LogP contribution in [-0.4, -0.2) is 26.2 Å². The van der Waals surface area contributed by atoms with Gasteiger partial charge in [0, 0.05) is 5.92 Å². The maximum Gasteiger partial charge on any atom is 0.321 e. The predicted octanol–water partition coefficient (Wildman–Crippen LogP) is 3.07. The molecule has 22 heavy (non-hydrogen) atoms. The van der Waals surface area contributed by atoms with E-state index in [1.54, 1.807) is 6.08 Å². The highest BCUT2D eigenvalue weighted by atomic mass is 16.5. The van der Waals surface area contributed by atoms with Gasteiger partial charge in [-0.1, -0.05) is 48.5 Å². The Labute approximate surface area is 129 Å². The quantitative estimate of drug-likeness (QED) is 0.483. The normalized spacial score (nSPS) is 12.0. The number of hydrogen-bond acceptors (Lipinski definition) is 4. The smallest absolute Gasteiger partial charge is 0.321 e. The van der Waals surface area contributed by atoms with Gasteiger partial charge in [-0.3, -0.25) is 9.59 Å². The maximum atomic E-state index is 12.1. The highest BCUT2D eigenvalue weighted by molar-refractivity contribution is 5.97. The minimum atomic E-state index is -1.07. The Hall–Kier alpha value is -2.62. The van der Waals surface area contributed by atoms with E-state index in [2.05, 4.69) is 6.58 Å². The van der Waals surface area contributed by atoms with E-state index in [-0.39, 0.29) is 0 Å². The van der Waals surface area contributed by atoms with Crippen LogP contribution in [0.2, 0.25) is 0 Å². The first-order valence-corrected chi connectivity index (χ1v) is 6.90. The fourth-order valence-corrected chi connectivity index (χ4v) is 2.63.